The quantitative estimate of drug-likeness (QED) is 0.0889. The van der Waals surface area contributed by atoms with Gasteiger partial charge >= 0.3 is 29.8 Å². The Balaban J connectivity index is 1.56. The van der Waals surface area contributed by atoms with Gasteiger partial charge in [-0.1, -0.05) is 92.4 Å². The maximum absolute atomic E-state index is 14.4. The summed E-state index contributed by atoms with van der Waals surface area (Å²) < 4.78 is 30.9. The first kappa shape index (κ1) is 48.0. The fourth-order valence-electron chi connectivity index (χ4n) is 10.1. The number of fused-ring (bicyclic) bond motifs is 2. The zero-order valence-electron chi connectivity index (χ0n) is 37.4. The number of carbonyl (C=O) groups excluding carboxylic acids is 7. The van der Waals surface area contributed by atoms with Crippen LogP contribution in [0.25, 0.3) is 0 Å². The molecule has 65 heavy (non-hydrogen) atoms. The number of Topliss-reactive ketones (excluding diaryl/α,β-unsaturated/α-hetero) is 1. The second-order valence-electron chi connectivity index (χ2n) is 17.7. The van der Waals surface area contributed by atoms with Crippen molar-refractivity contribution in [2.24, 2.45) is 16.7 Å². The lowest BCUT2D eigenvalue weighted by Gasteiger charge is -2.54. The topological polar surface area (TPSA) is 218 Å². The van der Waals surface area contributed by atoms with Gasteiger partial charge in [0.1, 0.15) is 18.3 Å². The minimum Gasteiger partial charge on any atom is -0.461 e. The van der Waals surface area contributed by atoms with Crippen molar-refractivity contribution in [2.45, 2.75) is 116 Å². The van der Waals surface area contributed by atoms with Gasteiger partial charge in [-0.15, -0.1) is 0 Å². The van der Waals surface area contributed by atoms with Crippen LogP contribution in [0.3, 0.4) is 0 Å². The first-order chi connectivity index (χ1) is 30.6. The molecule has 6 rings (SSSR count). The molecule has 0 aliphatic heterocycles. The fraction of sp³-hybridized carbons (Fsp3) is 0.420. The number of hydrogen-bond donors (Lipinski definition) is 3. The molecule has 344 valence electrons. The molecule has 0 aromatic heterocycles. The van der Waals surface area contributed by atoms with E-state index >= 15 is 0 Å². The Kier molecular flexibility index (Phi) is 14.0. The third-order valence-corrected chi connectivity index (χ3v) is 13.1. The summed E-state index contributed by atoms with van der Waals surface area (Å²) in [5.41, 5.74) is -4.51. The Morgan fingerprint density at radius 2 is 1.34 bits per heavy atom. The molecule has 15 nitrogen and oxygen atoms in total. The zero-order chi connectivity index (χ0) is 47.6. The van der Waals surface area contributed by atoms with E-state index in [1.165, 1.54) is 20.8 Å². The van der Waals surface area contributed by atoms with E-state index in [0.29, 0.717) is 11.1 Å². The first-order valence-corrected chi connectivity index (χ1v) is 21.3. The molecule has 3 aliphatic rings. The SMILES string of the molecule is C=C1C(=O)C[C@H](OC(C)=O)[C@@]2(C)[C@@H](OC(C)=O)[C@H](OC(=O)Cc3ccccc3)C3=C(C)[C@@H](OC(=O)[C@H](O)[C@@H](NC(=O)c4ccccc4)c4ccccc4)C[C@@]3(C(C)(C)O)[C@@H](OC(C)=O)[C@H]12. The largest absolute Gasteiger partial charge is 0.461 e. The van der Waals surface area contributed by atoms with Crippen LogP contribution in [-0.2, 0) is 58.9 Å². The summed E-state index contributed by atoms with van der Waals surface area (Å²) in [4.78, 5) is 95.8. The Hall–Kier alpha value is -6.45. The van der Waals surface area contributed by atoms with Crippen molar-refractivity contribution in [3.63, 3.8) is 0 Å². The predicted molar refractivity (Wildman–Crippen MR) is 232 cm³/mol. The normalized spacial score (nSPS) is 27.2. The number of aliphatic hydroxyl groups is 2. The lowest BCUT2D eigenvalue weighted by molar-refractivity contribution is -0.210. The Labute approximate surface area is 377 Å². The van der Waals surface area contributed by atoms with Crippen LogP contribution in [-0.4, -0.2) is 94.0 Å². The smallest absolute Gasteiger partial charge is 0.338 e. The molecule has 0 radical (unpaired) electrons. The molecule has 0 unspecified atom stereocenters. The maximum atomic E-state index is 14.4. The van der Waals surface area contributed by atoms with Gasteiger partial charge < -0.3 is 39.2 Å². The van der Waals surface area contributed by atoms with E-state index in [1.54, 1.807) is 97.9 Å². The van der Waals surface area contributed by atoms with E-state index in [4.69, 9.17) is 23.7 Å². The highest BCUT2D eigenvalue weighted by molar-refractivity contribution is 5.97. The third kappa shape index (κ3) is 9.39. The number of ketones is 1. The predicted octanol–water partition coefficient (Wildman–Crippen LogP) is 5.02. The van der Waals surface area contributed by atoms with Gasteiger partial charge in [0.05, 0.1) is 28.9 Å². The summed E-state index contributed by atoms with van der Waals surface area (Å²) in [5.74, 6) is -7.14. The number of carbonyl (C=O) groups is 7. The van der Waals surface area contributed by atoms with Crippen LogP contribution in [0.2, 0.25) is 0 Å². The van der Waals surface area contributed by atoms with Gasteiger partial charge in [0, 0.05) is 45.1 Å². The van der Waals surface area contributed by atoms with Crippen molar-refractivity contribution in [3.8, 4) is 0 Å². The van der Waals surface area contributed by atoms with Crippen LogP contribution in [0.1, 0.15) is 88.8 Å². The summed E-state index contributed by atoms with van der Waals surface area (Å²) >= 11 is 0. The van der Waals surface area contributed by atoms with E-state index < -0.39 is 119 Å². The van der Waals surface area contributed by atoms with Crippen molar-refractivity contribution in [1.82, 2.24) is 5.32 Å². The van der Waals surface area contributed by atoms with Gasteiger partial charge in [-0.3, -0.25) is 28.8 Å². The summed E-state index contributed by atoms with van der Waals surface area (Å²) in [5, 5.41) is 27.3. The van der Waals surface area contributed by atoms with Gasteiger partial charge in [-0.2, -0.15) is 0 Å². The monoisotopic (exact) mass is 893 g/mol. The maximum Gasteiger partial charge on any atom is 0.338 e. The molecule has 0 bridgehead atoms. The molecule has 0 spiro atoms. The third-order valence-electron chi connectivity index (χ3n) is 13.1. The summed E-state index contributed by atoms with van der Waals surface area (Å²) in [6.07, 6.45) is -10.9. The lowest BCUT2D eigenvalue weighted by Crippen LogP contribution is -2.63. The minimum atomic E-state index is -2.03. The number of hydrogen-bond acceptors (Lipinski definition) is 14. The number of benzene rings is 3. The molecule has 15 heteroatoms. The van der Waals surface area contributed by atoms with Crippen molar-refractivity contribution >= 4 is 41.5 Å². The van der Waals surface area contributed by atoms with Crippen LogP contribution in [0, 0.1) is 16.7 Å². The van der Waals surface area contributed by atoms with Crippen LogP contribution in [0.5, 0.6) is 0 Å². The molecular weight excluding hydrogens is 839 g/mol. The van der Waals surface area contributed by atoms with E-state index in [0.717, 1.165) is 20.8 Å². The molecule has 0 saturated heterocycles. The number of nitrogens with one attached hydrogen (secondary N) is 1. The average molecular weight is 894 g/mol. The summed E-state index contributed by atoms with van der Waals surface area (Å²) in [7, 11) is 0. The number of esters is 5. The minimum absolute atomic E-state index is 0.0330. The first-order valence-electron chi connectivity index (χ1n) is 21.3. The molecule has 2 saturated carbocycles. The Morgan fingerprint density at radius 1 is 0.800 bits per heavy atom. The molecule has 3 aromatic rings. The number of rotatable bonds is 13. The van der Waals surface area contributed by atoms with Crippen molar-refractivity contribution in [1.29, 1.82) is 0 Å². The second-order valence-corrected chi connectivity index (χ2v) is 17.7. The average Bonchev–Trinajstić information content (AvgIpc) is 3.51. The van der Waals surface area contributed by atoms with Crippen molar-refractivity contribution in [3.05, 3.63) is 131 Å². The lowest BCUT2D eigenvalue weighted by atomic mass is 9.54. The fourth-order valence-corrected chi connectivity index (χ4v) is 10.1. The highest BCUT2D eigenvalue weighted by Gasteiger charge is 2.74. The van der Waals surface area contributed by atoms with E-state index in [-0.39, 0.29) is 28.7 Å². The van der Waals surface area contributed by atoms with Gasteiger partial charge in [0.2, 0.25) is 0 Å². The van der Waals surface area contributed by atoms with Gasteiger partial charge in [-0.05, 0) is 60.8 Å². The Morgan fingerprint density at radius 3 is 1.89 bits per heavy atom. The summed E-state index contributed by atoms with van der Waals surface area (Å²) in [6, 6.07) is 23.7. The molecule has 0 heterocycles. The number of aliphatic hydroxyl groups excluding tert-OH is 1. The summed E-state index contributed by atoms with van der Waals surface area (Å²) in [6.45, 7) is 13.4. The van der Waals surface area contributed by atoms with E-state index in [1.807, 2.05) is 0 Å². The Bertz CT molecular complexity index is 2370. The van der Waals surface area contributed by atoms with Crippen LogP contribution < -0.4 is 5.32 Å². The molecule has 3 aliphatic carbocycles. The van der Waals surface area contributed by atoms with Gasteiger partial charge in [-0.25, -0.2) is 4.79 Å². The molecular formula is C50H55NO14. The van der Waals surface area contributed by atoms with Crippen LogP contribution >= 0.6 is 0 Å². The highest BCUT2D eigenvalue weighted by atomic mass is 16.6. The highest BCUT2D eigenvalue weighted by Crippen LogP contribution is 2.66. The van der Waals surface area contributed by atoms with Gasteiger partial charge in [0.15, 0.2) is 24.1 Å². The van der Waals surface area contributed by atoms with Crippen molar-refractivity contribution in [2.75, 3.05) is 0 Å². The second kappa shape index (κ2) is 18.9. The molecule has 1 amide bonds. The molecule has 2 fully saturated rings. The molecule has 3 aromatic carbocycles. The van der Waals surface area contributed by atoms with E-state index in [2.05, 4.69) is 11.9 Å². The molecule has 3 N–H and O–H groups in total. The zero-order valence-corrected chi connectivity index (χ0v) is 37.4. The molecule has 10 atom stereocenters. The van der Waals surface area contributed by atoms with Crippen LogP contribution in [0.4, 0.5) is 0 Å². The van der Waals surface area contributed by atoms with E-state index in [9.17, 15) is 43.8 Å². The number of ether oxygens (including phenoxy) is 5. The van der Waals surface area contributed by atoms with Crippen LogP contribution in [0.15, 0.2) is 114 Å². The standard InChI is InChI=1S/C50H55NO14/c1-27-35(55)25-37(61-29(3)52)49(8)40(27)44(62-30(4)53)50(48(6,7)60)26-36(28(2)39(50)43(45(49)63-31(5)54)65-38(56)24-32-18-12-9-13-19-32)64-47(59)42(57)41(33-20-14-10-15-21-33)51-46(58)34-22-16-11-17-23-34/h9-23,36-37,40-45,57,60H,1,24-26H2,2-8H3,(H,51,58)/t36-,37-,40-,41-,42+,43+,44-,45-,49+,50-/m0/s1. The van der Waals surface area contributed by atoms with Gasteiger partial charge in [0.25, 0.3) is 5.91 Å². The van der Waals surface area contributed by atoms with Crippen molar-refractivity contribution < 1.29 is 67.5 Å². The number of amides is 1.